The van der Waals surface area contributed by atoms with Crippen LogP contribution in [0.1, 0.15) is 144 Å². The number of unbranched alkanes of at least 4 members (excludes halogenated alkanes) is 12. The molecule has 0 bridgehead atoms. The van der Waals surface area contributed by atoms with Gasteiger partial charge in [-0.2, -0.15) is 5.26 Å². The molecule has 0 rings (SSSR count). The third-order valence-corrected chi connectivity index (χ3v) is 6.92. The zero-order valence-electron chi connectivity index (χ0n) is 30.1. The van der Waals surface area contributed by atoms with Gasteiger partial charge in [-0.25, -0.2) is 14.4 Å². The Hall–Kier alpha value is -4.18. The van der Waals surface area contributed by atoms with Crippen LogP contribution in [0.25, 0.3) is 0 Å². The highest BCUT2D eigenvalue weighted by atomic mass is 17.1. The third kappa shape index (κ3) is 21.0. The average molecular weight is 716 g/mol. The van der Waals surface area contributed by atoms with Crippen LogP contribution < -0.4 is 0 Å². The molecule has 0 aromatic carbocycles. The Kier molecular flexibility index (Phi) is 22.8. The molecule has 0 saturated heterocycles. The van der Waals surface area contributed by atoms with Crippen molar-refractivity contribution in [1.82, 2.24) is 5.23 Å². The summed E-state index contributed by atoms with van der Waals surface area (Å²) < 4.78 is 13.8. The van der Waals surface area contributed by atoms with Gasteiger partial charge in [0, 0.05) is 32.4 Å². The lowest BCUT2D eigenvalue weighted by Crippen LogP contribution is -2.56. The molecule has 0 aliphatic heterocycles. The molecule has 0 saturated carbocycles. The van der Waals surface area contributed by atoms with E-state index in [9.17, 15) is 38.4 Å². The van der Waals surface area contributed by atoms with Crippen molar-refractivity contribution in [1.29, 1.82) is 0 Å². The van der Waals surface area contributed by atoms with Crippen LogP contribution in [-0.2, 0) is 67.1 Å². The van der Waals surface area contributed by atoms with Gasteiger partial charge >= 0.3 is 53.5 Å². The van der Waals surface area contributed by atoms with Gasteiger partial charge in [-0.15, -0.1) is 0 Å². The van der Waals surface area contributed by atoms with Crippen molar-refractivity contribution in [3.63, 3.8) is 0 Å². The minimum atomic E-state index is -2.82. The Bertz CT molecular complexity index is 1170. The molecule has 0 aromatic heterocycles. The molecule has 284 valence electrons. The highest BCUT2D eigenvalue weighted by Crippen LogP contribution is 2.22. The minimum Gasteiger partial charge on any atom is -0.425 e. The van der Waals surface area contributed by atoms with Crippen LogP contribution in [0.5, 0.6) is 0 Å². The number of ether oxygens (including phenoxy) is 3. The van der Waals surface area contributed by atoms with Gasteiger partial charge in [-0.1, -0.05) is 84.0 Å². The van der Waals surface area contributed by atoms with E-state index in [1.165, 1.54) is 65.7 Å². The fourth-order valence-corrected chi connectivity index (χ4v) is 4.09. The van der Waals surface area contributed by atoms with E-state index >= 15 is 0 Å². The van der Waals surface area contributed by atoms with E-state index in [2.05, 4.69) is 21.3 Å². The highest BCUT2D eigenvalue weighted by molar-refractivity contribution is 5.97. The molecule has 16 nitrogen and oxygen atoms in total. The predicted octanol–water partition coefficient (Wildman–Crippen LogP) is 5.50. The van der Waals surface area contributed by atoms with Crippen molar-refractivity contribution in [3.8, 4) is 0 Å². The summed E-state index contributed by atoms with van der Waals surface area (Å²) in [5.41, 5.74) is -3.78. The second-order valence-electron chi connectivity index (χ2n) is 12.7. The van der Waals surface area contributed by atoms with Crippen LogP contribution in [-0.4, -0.2) is 64.0 Å². The van der Waals surface area contributed by atoms with E-state index in [-0.39, 0.29) is 11.6 Å². The molecule has 0 unspecified atom stereocenters. The normalized spacial score (nSPS) is 12.5. The van der Waals surface area contributed by atoms with Crippen LogP contribution >= 0.6 is 0 Å². The Morgan fingerprint density at radius 1 is 0.580 bits per heavy atom. The summed E-state index contributed by atoms with van der Waals surface area (Å²) in [6, 6.07) is 0. The second kappa shape index (κ2) is 24.9. The smallest absolute Gasteiger partial charge is 0.407 e. The Morgan fingerprint density at radius 2 is 1.04 bits per heavy atom. The lowest BCUT2D eigenvalue weighted by Gasteiger charge is -2.32. The average Bonchev–Trinajstić information content (AvgIpc) is 3.03. The standard InChI is InChI=1S/C34H53NO15/c1-7-8-9-10-11-12-13-14-15-16-17-18-19-20-29(40)48-35(34(6,32(43)50-44)47-25(2)36)49-30(41)24-23-27(38)45-26(37)21-22-28(39)46-31(42)33(3,4)5/h23-24,44H,7-22H2,1-6H3/b24-23+/t34-/m1/s1. The topological polar surface area (TPSA) is 215 Å². The van der Waals surface area contributed by atoms with Crippen LogP contribution in [0.15, 0.2) is 12.2 Å². The maximum absolute atomic E-state index is 12.6. The van der Waals surface area contributed by atoms with Gasteiger partial charge in [0.2, 0.25) is 0 Å². The van der Waals surface area contributed by atoms with Crippen LogP contribution in [0.3, 0.4) is 0 Å². The third-order valence-electron chi connectivity index (χ3n) is 6.92. The Balaban J connectivity index is 5.04. The lowest BCUT2D eigenvalue weighted by atomic mass is 9.97. The first-order valence-corrected chi connectivity index (χ1v) is 16.9. The summed E-state index contributed by atoms with van der Waals surface area (Å²) in [5, 5.41) is 8.85. The summed E-state index contributed by atoms with van der Waals surface area (Å²) in [5.74, 6) is -9.74. The van der Waals surface area contributed by atoms with Crippen molar-refractivity contribution >= 4 is 47.8 Å². The van der Waals surface area contributed by atoms with Gasteiger partial charge in [0.15, 0.2) is 0 Å². The molecule has 1 N–H and O–H groups in total. The largest absolute Gasteiger partial charge is 0.425 e. The molecule has 0 aliphatic carbocycles. The maximum Gasteiger partial charge on any atom is 0.407 e. The molecule has 0 heterocycles. The van der Waals surface area contributed by atoms with E-state index in [0.29, 0.717) is 25.0 Å². The summed E-state index contributed by atoms with van der Waals surface area (Å²) in [6.07, 6.45) is 13.4. The van der Waals surface area contributed by atoms with Gasteiger partial charge in [0.1, 0.15) is 0 Å². The van der Waals surface area contributed by atoms with Crippen molar-refractivity contribution < 1.29 is 72.4 Å². The van der Waals surface area contributed by atoms with Gasteiger partial charge in [0.05, 0.1) is 23.5 Å². The van der Waals surface area contributed by atoms with Crippen molar-refractivity contribution in [3.05, 3.63) is 12.2 Å². The predicted molar refractivity (Wildman–Crippen MR) is 173 cm³/mol. The summed E-state index contributed by atoms with van der Waals surface area (Å²) >= 11 is 0. The lowest BCUT2D eigenvalue weighted by molar-refractivity contribution is -0.405. The molecule has 0 spiro atoms. The minimum absolute atomic E-state index is 0.106. The molecule has 0 fully saturated rings. The van der Waals surface area contributed by atoms with Gasteiger partial charge in [-0.3, -0.25) is 28.9 Å². The Labute approximate surface area is 292 Å². The summed E-state index contributed by atoms with van der Waals surface area (Å²) in [7, 11) is 0. The van der Waals surface area contributed by atoms with Crippen molar-refractivity contribution in [2.24, 2.45) is 5.41 Å². The molecule has 50 heavy (non-hydrogen) atoms. The monoisotopic (exact) mass is 715 g/mol. The fraction of sp³-hybridized carbons (Fsp3) is 0.706. The summed E-state index contributed by atoms with van der Waals surface area (Å²) in [4.78, 5) is 110. The first-order chi connectivity index (χ1) is 23.5. The van der Waals surface area contributed by atoms with E-state index in [0.717, 1.165) is 39.5 Å². The SMILES string of the molecule is CCCCCCCCCCCCCCCC(=O)ON(OC(=O)/C=C/C(=O)OC(=O)CCC(=O)OC(=O)C(C)(C)C)[C@](C)(OC(C)=O)C(=O)OO. The van der Waals surface area contributed by atoms with Gasteiger partial charge < -0.3 is 23.9 Å². The van der Waals surface area contributed by atoms with E-state index in [1.807, 2.05) is 0 Å². The number of hydroxylamine groups is 2. The van der Waals surface area contributed by atoms with Crippen molar-refractivity contribution in [2.45, 2.75) is 150 Å². The zero-order chi connectivity index (χ0) is 38.2. The van der Waals surface area contributed by atoms with E-state index in [4.69, 9.17) is 19.7 Å². The molecular formula is C34H53NO15. The number of rotatable bonds is 24. The number of hydrogen-bond donors (Lipinski definition) is 1. The number of hydrogen-bond acceptors (Lipinski definition) is 16. The molecular weight excluding hydrogens is 662 g/mol. The number of carbonyl (C=O) groups excluding carboxylic acids is 8. The number of esters is 5. The molecule has 1 atom stereocenters. The van der Waals surface area contributed by atoms with Crippen molar-refractivity contribution in [2.75, 3.05) is 0 Å². The molecule has 0 aliphatic rings. The van der Waals surface area contributed by atoms with Crippen LogP contribution in [0.4, 0.5) is 0 Å². The maximum atomic E-state index is 12.6. The van der Waals surface area contributed by atoms with E-state index in [1.54, 1.807) is 0 Å². The zero-order valence-corrected chi connectivity index (χ0v) is 30.1. The molecule has 0 radical (unpaired) electrons. The molecule has 16 heteroatoms. The Morgan fingerprint density at radius 3 is 1.50 bits per heavy atom. The second-order valence-corrected chi connectivity index (χ2v) is 12.7. The highest BCUT2D eigenvalue weighted by Gasteiger charge is 2.51. The molecule has 0 aromatic rings. The van der Waals surface area contributed by atoms with E-state index < -0.39 is 71.7 Å². The quantitative estimate of drug-likeness (QED) is 0.0191. The van der Waals surface area contributed by atoms with Gasteiger partial charge in [0.25, 0.3) is 0 Å². The van der Waals surface area contributed by atoms with Crippen LogP contribution in [0.2, 0.25) is 0 Å². The van der Waals surface area contributed by atoms with Crippen LogP contribution in [0, 0.1) is 5.41 Å². The summed E-state index contributed by atoms with van der Waals surface area (Å²) in [6.45, 7) is 8.41. The first-order valence-electron chi connectivity index (χ1n) is 16.9. The first kappa shape index (κ1) is 45.8. The number of nitrogens with zero attached hydrogens (tertiary/aromatic N) is 1. The number of carbonyl (C=O) groups is 8. The van der Waals surface area contributed by atoms with Gasteiger partial charge in [-0.05, 0) is 27.2 Å². The molecule has 0 amide bonds. The fourth-order valence-electron chi connectivity index (χ4n) is 4.09.